The molecule has 1 aliphatic heterocycles. The molecular formula is C27H25ClF3N5O4S. The molecule has 5 rings (SSSR count). The lowest BCUT2D eigenvalue weighted by Gasteiger charge is -2.24. The molecule has 1 aliphatic rings. The van der Waals surface area contributed by atoms with E-state index >= 15 is 0 Å². The lowest BCUT2D eigenvalue weighted by Crippen LogP contribution is -2.16. The van der Waals surface area contributed by atoms with Gasteiger partial charge >= 0.3 is 12.1 Å². The van der Waals surface area contributed by atoms with E-state index in [-0.39, 0.29) is 30.2 Å². The predicted molar refractivity (Wildman–Crippen MR) is 146 cm³/mol. The van der Waals surface area contributed by atoms with Gasteiger partial charge in [-0.15, -0.1) is 22.0 Å². The first kappa shape index (κ1) is 28.8. The van der Waals surface area contributed by atoms with Crippen LogP contribution in [0.5, 0.6) is 11.5 Å². The lowest BCUT2D eigenvalue weighted by molar-refractivity contribution is -0.146. The number of hydrogen-bond acceptors (Lipinski definition) is 8. The van der Waals surface area contributed by atoms with Crippen molar-refractivity contribution in [3.63, 3.8) is 0 Å². The molecule has 4 aromatic rings. The third-order valence-electron chi connectivity index (χ3n) is 6.52. The number of ether oxygens (including phenoxy) is 3. The van der Waals surface area contributed by atoms with Gasteiger partial charge in [0.25, 0.3) is 0 Å². The molecule has 0 amide bonds. The van der Waals surface area contributed by atoms with Crippen molar-refractivity contribution in [2.45, 2.75) is 36.6 Å². The van der Waals surface area contributed by atoms with Gasteiger partial charge in [-0.25, -0.2) is 4.79 Å². The molecule has 14 heteroatoms. The quantitative estimate of drug-likeness (QED) is 0.216. The number of esters is 1. The van der Waals surface area contributed by atoms with Gasteiger partial charge in [-0.1, -0.05) is 23.7 Å². The maximum Gasteiger partial charge on any atom is 0.452 e. The molecule has 41 heavy (non-hydrogen) atoms. The van der Waals surface area contributed by atoms with Crippen molar-refractivity contribution in [1.82, 2.24) is 24.5 Å². The van der Waals surface area contributed by atoms with Crippen LogP contribution in [-0.2, 0) is 17.5 Å². The normalized spacial score (nSPS) is 16.5. The van der Waals surface area contributed by atoms with Crippen LogP contribution in [0.1, 0.15) is 57.0 Å². The SMILES string of the molecule is CCOC(=O)c1cnn(CC[C@@H]2S[C@@H](c3cccc(OC)c3OC)c3cc(Cl)ccc3-n3c2nnc3C(F)(F)F)c1. The number of aryl methyl sites for hydroxylation is 1. The predicted octanol–water partition coefficient (Wildman–Crippen LogP) is 6.30. The first-order valence-corrected chi connectivity index (χ1v) is 13.9. The molecule has 0 bridgehead atoms. The second-order valence-electron chi connectivity index (χ2n) is 9.01. The minimum absolute atomic E-state index is 0.132. The van der Waals surface area contributed by atoms with Gasteiger partial charge in [0.2, 0.25) is 5.82 Å². The molecule has 0 aliphatic carbocycles. The van der Waals surface area contributed by atoms with Crippen molar-refractivity contribution in [2.24, 2.45) is 0 Å². The van der Waals surface area contributed by atoms with Crippen LogP contribution in [0.2, 0.25) is 5.02 Å². The van der Waals surface area contributed by atoms with Crippen LogP contribution in [0.15, 0.2) is 48.8 Å². The Morgan fingerprint density at radius 1 is 1.12 bits per heavy atom. The minimum atomic E-state index is -4.76. The summed E-state index contributed by atoms with van der Waals surface area (Å²) in [5.41, 5.74) is 1.77. The average molecular weight is 608 g/mol. The van der Waals surface area contributed by atoms with Crippen LogP contribution < -0.4 is 9.47 Å². The van der Waals surface area contributed by atoms with E-state index in [2.05, 4.69) is 15.3 Å². The van der Waals surface area contributed by atoms with Crippen molar-refractivity contribution in [2.75, 3.05) is 20.8 Å². The molecule has 0 radical (unpaired) electrons. The largest absolute Gasteiger partial charge is 0.493 e. The maximum atomic E-state index is 14.2. The molecule has 0 saturated carbocycles. The molecule has 2 aromatic carbocycles. The third kappa shape index (κ3) is 5.60. The maximum absolute atomic E-state index is 14.2. The van der Waals surface area contributed by atoms with Crippen molar-refractivity contribution in [3.8, 4) is 17.2 Å². The van der Waals surface area contributed by atoms with Gasteiger partial charge in [-0.05, 0) is 43.2 Å². The monoisotopic (exact) mass is 607 g/mol. The minimum Gasteiger partial charge on any atom is -0.493 e. The molecule has 0 fully saturated rings. The van der Waals surface area contributed by atoms with E-state index in [0.717, 1.165) is 4.57 Å². The van der Waals surface area contributed by atoms with E-state index in [1.54, 1.807) is 42.1 Å². The summed E-state index contributed by atoms with van der Waals surface area (Å²) < 4.78 is 61.5. The summed E-state index contributed by atoms with van der Waals surface area (Å²) in [5, 5.41) is 11.1. The molecule has 2 aromatic heterocycles. The van der Waals surface area contributed by atoms with Crippen LogP contribution in [0.25, 0.3) is 5.69 Å². The molecule has 216 valence electrons. The summed E-state index contributed by atoms with van der Waals surface area (Å²) in [6, 6.07) is 10.1. The van der Waals surface area contributed by atoms with Crippen LogP contribution in [0.4, 0.5) is 13.2 Å². The number of methoxy groups -OCH3 is 2. The highest BCUT2D eigenvalue weighted by molar-refractivity contribution is 8.00. The van der Waals surface area contributed by atoms with Gasteiger partial charge < -0.3 is 14.2 Å². The first-order valence-electron chi connectivity index (χ1n) is 12.5. The van der Waals surface area contributed by atoms with E-state index in [9.17, 15) is 18.0 Å². The Morgan fingerprint density at radius 2 is 1.93 bits per heavy atom. The van der Waals surface area contributed by atoms with Gasteiger partial charge in [0.05, 0.1) is 48.8 Å². The molecule has 0 N–H and O–H groups in total. The van der Waals surface area contributed by atoms with Gasteiger partial charge in [-0.3, -0.25) is 9.25 Å². The summed E-state index contributed by atoms with van der Waals surface area (Å²) in [7, 11) is 3.02. The molecule has 9 nitrogen and oxygen atoms in total. The number of nitrogens with zero attached hydrogens (tertiary/aromatic N) is 5. The molecular weight excluding hydrogens is 583 g/mol. The first-order chi connectivity index (χ1) is 19.7. The second-order valence-corrected chi connectivity index (χ2v) is 10.8. The summed E-state index contributed by atoms with van der Waals surface area (Å²) in [5.74, 6) is -0.572. The van der Waals surface area contributed by atoms with E-state index in [0.29, 0.717) is 34.1 Å². The van der Waals surface area contributed by atoms with Crippen molar-refractivity contribution in [1.29, 1.82) is 0 Å². The van der Waals surface area contributed by atoms with E-state index in [1.165, 1.54) is 38.2 Å². The van der Waals surface area contributed by atoms with Crippen molar-refractivity contribution in [3.05, 3.63) is 82.2 Å². The Bertz CT molecular complexity index is 1570. The number of thioether (sulfide) groups is 1. The highest BCUT2D eigenvalue weighted by Gasteiger charge is 2.43. The number of hydrogen-bond donors (Lipinski definition) is 0. The Morgan fingerprint density at radius 3 is 2.63 bits per heavy atom. The van der Waals surface area contributed by atoms with Crippen LogP contribution >= 0.6 is 23.4 Å². The van der Waals surface area contributed by atoms with Crippen molar-refractivity contribution >= 4 is 29.3 Å². The summed E-state index contributed by atoms with van der Waals surface area (Å²) in [6.07, 6.45) is -1.51. The standard InChI is InChI=1S/C27H25ClF3N5O4S/c1-4-40-25(37)15-13-32-35(14-15)11-10-21-24-33-34-26(27(29,30)31)36(24)19-9-8-16(28)12-18(19)23(41-21)17-6-5-7-20(38-2)22(17)39-3/h5-9,12-14,21,23H,4,10-11H2,1-3H3/t21-,23-/m0/s1. The zero-order valence-corrected chi connectivity index (χ0v) is 23.8. The van der Waals surface area contributed by atoms with Crippen molar-refractivity contribution < 1.29 is 32.2 Å². The van der Waals surface area contributed by atoms with Crippen LogP contribution in [0.3, 0.4) is 0 Å². The van der Waals surface area contributed by atoms with Gasteiger partial charge in [-0.2, -0.15) is 18.3 Å². The van der Waals surface area contributed by atoms with E-state index in [1.807, 2.05) is 6.07 Å². The fourth-order valence-corrected chi connectivity index (χ4v) is 6.47. The summed E-state index contributed by atoms with van der Waals surface area (Å²) in [4.78, 5) is 12.1. The summed E-state index contributed by atoms with van der Waals surface area (Å²) in [6.45, 7) is 2.21. The molecule has 0 saturated heterocycles. The van der Waals surface area contributed by atoms with Gasteiger partial charge in [0.1, 0.15) is 0 Å². The number of aromatic nitrogens is 5. The highest BCUT2D eigenvalue weighted by Crippen LogP contribution is 2.54. The average Bonchev–Trinajstić information content (AvgIpc) is 3.58. The smallest absolute Gasteiger partial charge is 0.452 e. The number of carbonyl (C=O) groups is 1. The Kier molecular flexibility index (Phi) is 8.18. The topological polar surface area (TPSA) is 93.3 Å². The molecule has 0 spiro atoms. The lowest BCUT2D eigenvalue weighted by atomic mass is 10.0. The van der Waals surface area contributed by atoms with Gasteiger partial charge in [0, 0.05) is 23.3 Å². The number of rotatable bonds is 8. The van der Waals surface area contributed by atoms with E-state index in [4.69, 9.17) is 25.8 Å². The number of benzene rings is 2. The van der Waals surface area contributed by atoms with Crippen LogP contribution in [0, 0.1) is 0 Å². The molecule has 3 heterocycles. The Hall–Kier alpha value is -3.71. The number of carbonyl (C=O) groups excluding carboxylic acids is 1. The fraction of sp³-hybridized carbons (Fsp3) is 0.333. The number of halogens is 4. The van der Waals surface area contributed by atoms with Gasteiger partial charge in [0.15, 0.2) is 17.3 Å². The molecule has 2 atom stereocenters. The highest BCUT2D eigenvalue weighted by atomic mass is 35.5. The fourth-order valence-electron chi connectivity index (χ4n) is 4.77. The number of fused-ring (bicyclic) bond motifs is 3. The Labute approximate surface area is 242 Å². The van der Waals surface area contributed by atoms with Crippen LogP contribution in [-0.4, -0.2) is 51.3 Å². The zero-order valence-electron chi connectivity index (χ0n) is 22.2. The Balaban J connectivity index is 1.63. The summed E-state index contributed by atoms with van der Waals surface area (Å²) >= 11 is 7.79. The third-order valence-corrected chi connectivity index (χ3v) is 8.31. The van der Waals surface area contributed by atoms with E-state index < -0.39 is 28.5 Å². The second kappa shape index (κ2) is 11.6. The number of para-hydroxylation sites is 1. The molecule has 0 unspecified atom stereocenters. The number of alkyl halides is 3. The zero-order chi connectivity index (χ0) is 29.3.